The highest BCUT2D eigenvalue weighted by molar-refractivity contribution is 14.1. The van der Waals surface area contributed by atoms with Crippen molar-refractivity contribution in [3.8, 4) is 5.75 Å². The van der Waals surface area contributed by atoms with Crippen molar-refractivity contribution in [3.05, 3.63) is 75.4 Å². The van der Waals surface area contributed by atoms with Crippen LogP contribution in [0.15, 0.2) is 66.2 Å². The molecule has 1 aliphatic heterocycles. The summed E-state index contributed by atoms with van der Waals surface area (Å²) in [5, 5.41) is 0. The van der Waals surface area contributed by atoms with Crippen molar-refractivity contribution in [1.82, 2.24) is 4.90 Å². The highest BCUT2D eigenvalue weighted by atomic mass is 127. The van der Waals surface area contributed by atoms with Crippen LogP contribution in [0.3, 0.4) is 0 Å². The van der Waals surface area contributed by atoms with E-state index in [4.69, 9.17) is 4.74 Å². The van der Waals surface area contributed by atoms with Gasteiger partial charge >= 0.3 is 0 Å². The molecule has 1 aliphatic rings. The number of rotatable bonds is 5. The molecule has 0 aromatic heterocycles. The minimum atomic E-state index is 0.686. The monoisotopic (exact) mass is 405 g/mol. The molecule has 0 aliphatic carbocycles. The van der Waals surface area contributed by atoms with E-state index in [9.17, 15) is 0 Å². The molecule has 0 saturated heterocycles. The molecule has 2 aromatic carbocycles. The van der Waals surface area contributed by atoms with Gasteiger partial charge in [-0.05, 0) is 52.3 Å². The molecule has 2 nitrogen and oxygen atoms in total. The molecule has 22 heavy (non-hydrogen) atoms. The van der Waals surface area contributed by atoms with E-state index in [0.717, 1.165) is 35.4 Å². The second-order valence-electron chi connectivity index (χ2n) is 5.57. The Morgan fingerprint density at radius 2 is 1.77 bits per heavy atom. The summed E-state index contributed by atoms with van der Waals surface area (Å²) in [4.78, 5) is 2.49. The summed E-state index contributed by atoms with van der Waals surface area (Å²) in [7, 11) is 0. The molecule has 3 rings (SSSR count). The van der Waals surface area contributed by atoms with Gasteiger partial charge in [0.15, 0.2) is 0 Å². The molecule has 1 heterocycles. The average Bonchev–Trinajstić information content (AvgIpc) is 2.55. The predicted octanol–water partition coefficient (Wildman–Crippen LogP) is 4.50. The number of para-hydroxylation sites is 1. The van der Waals surface area contributed by atoms with Crippen LogP contribution in [0.25, 0.3) is 0 Å². The molecule has 0 atom stereocenters. The maximum absolute atomic E-state index is 5.97. The number of nitrogens with zero attached hydrogens (tertiary/aromatic N) is 1. The van der Waals surface area contributed by atoms with Crippen molar-refractivity contribution >= 4 is 22.6 Å². The molecular weight excluding hydrogens is 385 g/mol. The Kier molecular flexibility index (Phi) is 5.51. The van der Waals surface area contributed by atoms with Gasteiger partial charge in [-0.25, -0.2) is 0 Å². The molecule has 0 amide bonds. The Hall–Kier alpha value is -1.33. The minimum absolute atomic E-state index is 0.686. The SMILES string of the molecule is Ic1ccccc1OCC1=CCCN(Cc2ccccc2)C1. The summed E-state index contributed by atoms with van der Waals surface area (Å²) in [5.41, 5.74) is 2.75. The summed E-state index contributed by atoms with van der Waals surface area (Å²) in [6.07, 6.45) is 3.44. The first-order valence-corrected chi connectivity index (χ1v) is 8.70. The first kappa shape index (κ1) is 15.6. The maximum Gasteiger partial charge on any atom is 0.133 e. The Bertz CT molecular complexity index is 639. The number of ether oxygens (including phenoxy) is 1. The molecule has 114 valence electrons. The third-order valence-corrected chi connectivity index (χ3v) is 4.69. The van der Waals surface area contributed by atoms with Crippen molar-refractivity contribution in [2.45, 2.75) is 13.0 Å². The van der Waals surface area contributed by atoms with E-state index in [2.05, 4.69) is 70.0 Å². The Morgan fingerprint density at radius 1 is 1.00 bits per heavy atom. The Balaban J connectivity index is 1.55. The van der Waals surface area contributed by atoms with Gasteiger partial charge in [0.1, 0.15) is 12.4 Å². The quantitative estimate of drug-likeness (QED) is 0.537. The van der Waals surface area contributed by atoms with Gasteiger partial charge in [-0.2, -0.15) is 0 Å². The molecule has 0 saturated carbocycles. The maximum atomic E-state index is 5.97. The largest absolute Gasteiger partial charge is 0.488 e. The van der Waals surface area contributed by atoms with Crippen LogP contribution in [-0.2, 0) is 6.54 Å². The van der Waals surface area contributed by atoms with Crippen LogP contribution in [0, 0.1) is 3.57 Å². The van der Waals surface area contributed by atoms with Crippen molar-refractivity contribution in [2.24, 2.45) is 0 Å². The lowest BCUT2D eigenvalue weighted by atomic mass is 10.1. The number of benzene rings is 2. The molecule has 0 fully saturated rings. The number of hydrogen-bond acceptors (Lipinski definition) is 2. The summed E-state index contributed by atoms with van der Waals surface area (Å²) >= 11 is 2.32. The van der Waals surface area contributed by atoms with Crippen molar-refractivity contribution in [1.29, 1.82) is 0 Å². The van der Waals surface area contributed by atoms with Gasteiger partial charge in [-0.15, -0.1) is 0 Å². The minimum Gasteiger partial charge on any atom is -0.488 e. The first-order chi connectivity index (χ1) is 10.8. The van der Waals surface area contributed by atoms with Gasteiger partial charge < -0.3 is 4.74 Å². The van der Waals surface area contributed by atoms with E-state index in [1.54, 1.807) is 0 Å². The standard InChI is InChI=1S/C19H20INO/c20-18-10-4-5-11-19(18)22-15-17-9-6-12-21(14-17)13-16-7-2-1-3-8-16/h1-5,7-11H,6,12-15H2. The van der Waals surface area contributed by atoms with Gasteiger partial charge in [0.2, 0.25) is 0 Å². The second kappa shape index (κ2) is 7.79. The molecular formula is C19H20INO. The van der Waals surface area contributed by atoms with E-state index in [1.807, 2.05) is 18.2 Å². The fourth-order valence-corrected chi connectivity index (χ4v) is 3.24. The van der Waals surface area contributed by atoms with E-state index < -0.39 is 0 Å². The van der Waals surface area contributed by atoms with Crippen LogP contribution in [0.5, 0.6) is 5.75 Å². The van der Waals surface area contributed by atoms with Crippen LogP contribution in [0.4, 0.5) is 0 Å². The number of hydrogen-bond donors (Lipinski definition) is 0. The summed E-state index contributed by atoms with van der Waals surface area (Å²) in [6.45, 7) is 3.83. The lowest BCUT2D eigenvalue weighted by Crippen LogP contribution is -2.31. The summed E-state index contributed by atoms with van der Waals surface area (Å²) in [6, 6.07) is 18.8. The van der Waals surface area contributed by atoms with E-state index in [-0.39, 0.29) is 0 Å². The topological polar surface area (TPSA) is 12.5 Å². The predicted molar refractivity (Wildman–Crippen MR) is 99.1 cm³/mol. The first-order valence-electron chi connectivity index (χ1n) is 7.63. The smallest absolute Gasteiger partial charge is 0.133 e. The number of halogens is 1. The zero-order valence-corrected chi connectivity index (χ0v) is 14.7. The third kappa shape index (κ3) is 4.34. The molecule has 3 heteroatoms. The van der Waals surface area contributed by atoms with Crippen molar-refractivity contribution in [2.75, 3.05) is 19.7 Å². The van der Waals surface area contributed by atoms with Crippen molar-refractivity contribution in [3.63, 3.8) is 0 Å². The van der Waals surface area contributed by atoms with Gasteiger partial charge in [0.05, 0.1) is 3.57 Å². The van der Waals surface area contributed by atoms with Crippen LogP contribution in [-0.4, -0.2) is 24.6 Å². The average molecular weight is 405 g/mol. The fraction of sp³-hybridized carbons (Fsp3) is 0.263. The normalized spacial score (nSPS) is 15.4. The van der Waals surface area contributed by atoms with E-state index in [0.29, 0.717) is 6.61 Å². The van der Waals surface area contributed by atoms with E-state index >= 15 is 0 Å². The molecule has 2 aromatic rings. The van der Waals surface area contributed by atoms with Gasteiger partial charge in [-0.1, -0.05) is 48.5 Å². The summed E-state index contributed by atoms with van der Waals surface area (Å²) < 4.78 is 7.14. The fourth-order valence-electron chi connectivity index (χ4n) is 2.70. The van der Waals surface area contributed by atoms with E-state index in [1.165, 1.54) is 11.1 Å². The molecule has 0 radical (unpaired) electrons. The Morgan fingerprint density at radius 3 is 2.59 bits per heavy atom. The lowest BCUT2D eigenvalue weighted by molar-refractivity contribution is 0.258. The van der Waals surface area contributed by atoms with Crippen LogP contribution in [0.1, 0.15) is 12.0 Å². The third-order valence-electron chi connectivity index (χ3n) is 3.80. The van der Waals surface area contributed by atoms with Gasteiger partial charge in [0.25, 0.3) is 0 Å². The highest BCUT2D eigenvalue weighted by Crippen LogP contribution is 2.21. The van der Waals surface area contributed by atoms with Gasteiger partial charge in [-0.3, -0.25) is 4.90 Å². The molecule has 0 N–H and O–H groups in total. The molecule has 0 bridgehead atoms. The highest BCUT2D eigenvalue weighted by Gasteiger charge is 2.13. The lowest BCUT2D eigenvalue weighted by Gasteiger charge is -2.27. The second-order valence-corrected chi connectivity index (χ2v) is 6.73. The zero-order chi connectivity index (χ0) is 15.2. The van der Waals surface area contributed by atoms with Gasteiger partial charge in [0, 0.05) is 19.6 Å². The Labute approximate surface area is 145 Å². The van der Waals surface area contributed by atoms with Crippen molar-refractivity contribution < 1.29 is 4.74 Å². The van der Waals surface area contributed by atoms with Crippen LogP contribution < -0.4 is 4.74 Å². The molecule has 0 unspecified atom stereocenters. The van der Waals surface area contributed by atoms with Crippen LogP contribution >= 0.6 is 22.6 Å². The van der Waals surface area contributed by atoms with Crippen LogP contribution in [0.2, 0.25) is 0 Å². The zero-order valence-electron chi connectivity index (χ0n) is 12.5. The summed E-state index contributed by atoms with van der Waals surface area (Å²) in [5.74, 6) is 0.976. The molecule has 0 spiro atoms.